The first-order valence-corrected chi connectivity index (χ1v) is 9.98. The number of fused-ring (bicyclic) bond motifs is 1. The third kappa shape index (κ3) is 3.89. The minimum Gasteiger partial charge on any atom is -0.289 e. The van der Waals surface area contributed by atoms with Gasteiger partial charge in [0, 0.05) is 30.8 Å². The van der Waals surface area contributed by atoms with E-state index in [1.54, 1.807) is 0 Å². The average molecular weight is 348 g/mol. The van der Waals surface area contributed by atoms with Crippen molar-refractivity contribution in [3.63, 3.8) is 0 Å². The Morgan fingerprint density at radius 2 is 1.65 bits per heavy atom. The number of nitrogens with zero attached hydrogens (tertiary/aromatic N) is 2. The number of ketones is 1. The van der Waals surface area contributed by atoms with Gasteiger partial charge in [-0.1, -0.05) is 61.4 Å². The van der Waals surface area contributed by atoms with Crippen molar-refractivity contribution in [1.29, 1.82) is 0 Å². The summed E-state index contributed by atoms with van der Waals surface area (Å²) in [6, 6.07) is 17.8. The monoisotopic (exact) mass is 348 g/mol. The zero-order chi connectivity index (χ0) is 17.8. The summed E-state index contributed by atoms with van der Waals surface area (Å²) in [5.41, 5.74) is 2.80. The summed E-state index contributed by atoms with van der Waals surface area (Å²) in [5.74, 6) is 0.113. The summed E-state index contributed by atoms with van der Waals surface area (Å²) in [4.78, 5) is 18.0. The smallest absolute Gasteiger partial charge is 0.193 e. The molecule has 1 unspecified atom stereocenters. The van der Waals surface area contributed by atoms with Crippen molar-refractivity contribution >= 4 is 5.78 Å². The zero-order valence-corrected chi connectivity index (χ0v) is 15.4. The van der Waals surface area contributed by atoms with Crippen LogP contribution in [0.2, 0.25) is 0 Å². The van der Waals surface area contributed by atoms with E-state index in [0.29, 0.717) is 6.17 Å². The first kappa shape index (κ1) is 17.4. The molecule has 0 N–H and O–H groups in total. The van der Waals surface area contributed by atoms with Gasteiger partial charge in [0.15, 0.2) is 5.78 Å². The first-order valence-electron chi connectivity index (χ1n) is 9.98. The van der Waals surface area contributed by atoms with E-state index in [2.05, 4.69) is 21.9 Å². The lowest BCUT2D eigenvalue weighted by Gasteiger charge is -2.43. The molecule has 4 rings (SSSR count). The predicted octanol–water partition coefficient (Wildman–Crippen LogP) is 4.33. The van der Waals surface area contributed by atoms with E-state index in [9.17, 15) is 4.79 Å². The molecule has 2 aliphatic rings. The van der Waals surface area contributed by atoms with Crippen LogP contribution in [0.5, 0.6) is 0 Å². The number of hydrogen-bond acceptors (Lipinski definition) is 3. The van der Waals surface area contributed by atoms with E-state index in [4.69, 9.17) is 0 Å². The molecule has 3 heteroatoms. The van der Waals surface area contributed by atoms with Gasteiger partial charge in [-0.15, -0.1) is 0 Å². The van der Waals surface area contributed by atoms with Crippen LogP contribution < -0.4 is 0 Å². The fraction of sp³-hybridized carbons (Fsp3) is 0.435. The molecule has 2 aromatic rings. The van der Waals surface area contributed by atoms with Crippen molar-refractivity contribution in [1.82, 2.24) is 9.80 Å². The van der Waals surface area contributed by atoms with Crippen LogP contribution in [0.1, 0.15) is 53.6 Å². The lowest BCUT2D eigenvalue weighted by molar-refractivity contribution is -0.000352. The molecule has 136 valence electrons. The molecule has 0 saturated carbocycles. The Balaban J connectivity index is 1.50. The van der Waals surface area contributed by atoms with E-state index in [0.717, 1.165) is 24.2 Å². The van der Waals surface area contributed by atoms with Crippen LogP contribution in [0, 0.1) is 0 Å². The summed E-state index contributed by atoms with van der Waals surface area (Å²) in [6.07, 6.45) is 7.15. The Morgan fingerprint density at radius 1 is 0.846 bits per heavy atom. The fourth-order valence-corrected chi connectivity index (χ4v) is 4.44. The van der Waals surface area contributed by atoms with E-state index >= 15 is 0 Å². The molecule has 2 fully saturated rings. The van der Waals surface area contributed by atoms with Gasteiger partial charge in [0.05, 0.1) is 6.17 Å². The molecule has 0 radical (unpaired) electrons. The minimum atomic E-state index is 0.113. The maximum absolute atomic E-state index is 12.7. The second kappa shape index (κ2) is 8.15. The lowest BCUT2D eigenvalue weighted by Crippen LogP contribution is -2.52. The van der Waals surface area contributed by atoms with E-state index in [1.165, 1.54) is 50.8 Å². The first-order chi connectivity index (χ1) is 12.8. The lowest BCUT2D eigenvalue weighted by atomic mass is 10.0. The summed E-state index contributed by atoms with van der Waals surface area (Å²) in [7, 11) is 0. The highest BCUT2D eigenvalue weighted by atomic mass is 16.1. The second-order valence-electron chi connectivity index (χ2n) is 7.59. The minimum absolute atomic E-state index is 0.113. The summed E-state index contributed by atoms with van der Waals surface area (Å²) >= 11 is 0. The number of carbonyl (C=O) groups excluding carboxylic acids is 1. The quantitative estimate of drug-likeness (QED) is 0.769. The molecule has 2 aliphatic heterocycles. The predicted molar refractivity (Wildman–Crippen MR) is 105 cm³/mol. The van der Waals surface area contributed by atoms with Crippen LogP contribution in [0.15, 0.2) is 54.6 Å². The number of hydrogen-bond donors (Lipinski definition) is 0. The fourth-order valence-electron chi connectivity index (χ4n) is 4.44. The highest BCUT2D eigenvalue weighted by molar-refractivity contribution is 6.09. The Labute approximate surface area is 156 Å². The standard InChI is InChI=1S/C23H28N2O/c26-23(20-10-3-1-4-11-20)21-12-7-9-19(17-21)18-25-16-8-15-24-14-6-2-5-13-22(24)25/h1,3-4,7,9-12,17,22H,2,5-6,8,13-16,18H2. The van der Waals surface area contributed by atoms with Crippen LogP contribution in [0.25, 0.3) is 0 Å². The third-order valence-corrected chi connectivity index (χ3v) is 5.75. The molecule has 2 saturated heterocycles. The second-order valence-corrected chi connectivity index (χ2v) is 7.59. The van der Waals surface area contributed by atoms with Crippen molar-refractivity contribution in [2.45, 2.75) is 44.8 Å². The highest BCUT2D eigenvalue weighted by Gasteiger charge is 2.29. The largest absolute Gasteiger partial charge is 0.289 e. The van der Waals surface area contributed by atoms with Crippen molar-refractivity contribution in [3.05, 3.63) is 71.3 Å². The highest BCUT2D eigenvalue weighted by Crippen LogP contribution is 2.25. The van der Waals surface area contributed by atoms with Gasteiger partial charge in [0.1, 0.15) is 0 Å². The molecule has 0 spiro atoms. The number of benzene rings is 2. The molecule has 26 heavy (non-hydrogen) atoms. The normalized spacial score (nSPS) is 21.8. The van der Waals surface area contributed by atoms with Crippen LogP contribution in [-0.4, -0.2) is 41.4 Å². The van der Waals surface area contributed by atoms with Gasteiger partial charge in [0.25, 0.3) is 0 Å². The topological polar surface area (TPSA) is 23.6 Å². The van der Waals surface area contributed by atoms with Gasteiger partial charge >= 0.3 is 0 Å². The van der Waals surface area contributed by atoms with Crippen molar-refractivity contribution in [2.75, 3.05) is 19.6 Å². The van der Waals surface area contributed by atoms with Crippen molar-refractivity contribution in [2.24, 2.45) is 0 Å². The molecular weight excluding hydrogens is 320 g/mol. The summed E-state index contributed by atoms with van der Waals surface area (Å²) in [6.45, 7) is 4.59. The molecule has 2 aromatic carbocycles. The average Bonchev–Trinajstić information content (AvgIpc) is 2.95. The van der Waals surface area contributed by atoms with Gasteiger partial charge in [-0.2, -0.15) is 0 Å². The zero-order valence-electron chi connectivity index (χ0n) is 15.4. The van der Waals surface area contributed by atoms with Crippen LogP contribution in [0.4, 0.5) is 0 Å². The van der Waals surface area contributed by atoms with Gasteiger partial charge in [-0.05, 0) is 37.4 Å². The van der Waals surface area contributed by atoms with Gasteiger partial charge in [-0.3, -0.25) is 14.6 Å². The summed E-state index contributed by atoms with van der Waals surface area (Å²) in [5, 5.41) is 0. The number of carbonyl (C=O) groups is 1. The third-order valence-electron chi connectivity index (χ3n) is 5.75. The molecule has 3 nitrogen and oxygen atoms in total. The molecule has 1 atom stereocenters. The summed E-state index contributed by atoms with van der Waals surface area (Å²) < 4.78 is 0. The van der Waals surface area contributed by atoms with E-state index in [1.807, 2.05) is 42.5 Å². The maximum atomic E-state index is 12.7. The molecule has 0 amide bonds. The maximum Gasteiger partial charge on any atom is 0.193 e. The molecule has 0 bridgehead atoms. The van der Waals surface area contributed by atoms with Crippen molar-refractivity contribution in [3.8, 4) is 0 Å². The molecule has 2 heterocycles. The SMILES string of the molecule is O=C(c1ccccc1)c1cccc(CN2CCCN3CCCCCC32)c1. The molecular formula is C23H28N2O. The van der Waals surface area contributed by atoms with E-state index in [-0.39, 0.29) is 5.78 Å². The number of rotatable bonds is 4. The van der Waals surface area contributed by atoms with Crippen LogP contribution in [-0.2, 0) is 6.54 Å². The Kier molecular flexibility index (Phi) is 5.47. The van der Waals surface area contributed by atoms with Gasteiger partial charge in [0.2, 0.25) is 0 Å². The van der Waals surface area contributed by atoms with E-state index < -0.39 is 0 Å². The van der Waals surface area contributed by atoms with Gasteiger partial charge < -0.3 is 0 Å². The van der Waals surface area contributed by atoms with Gasteiger partial charge in [-0.25, -0.2) is 0 Å². The van der Waals surface area contributed by atoms with Crippen LogP contribution in [0.3, 0.4) is 0 Å². The van der Waals surface area contributed by atoms with Crippen molar-refractivity contribution < 1.29 is 4.79 Å². The Hall–Kier alpha value is -1.97. The molecule has 0 aromatic heterocycles. The Morgan fingerprint density at radius 3 is 2.54 bits per heavy atom. The Bertz CT molecular complexity index is 743. The molecule has 0 aliphatic carbocycles. The van der Waals surface area contributed by atoms with Crippen LogP contribution >= 0.6 is 0 Å².